The first-order valence-corrected chi connectivity index (χ1v) is 8.74. The van der Waals surface area contributed by atoms with Gasteiger partial charge in [0.1, 0.15) is 0 Å². The highest BCUT2D eigenvalue weighted by atomic mass is 35.5. The zero-order chi connectivity index (χ0) is 18.2. The summed E-state index contributed by atoms with van der Waals surface area (Å²) in [4.78, 5) is 25.8. The first-order chi connectivity index (χ1) is 12.0. The highest BCUT2D eigenvalue weighted by Crippen LogP contribution is 2.23. The summed E-state index contributed by atoms with van der Waals surface area (Å²) in [5.41, 5.74) is 0.770. The van der Waals surface area contributed by atoms with Crippen LogP contribution in [0.15, 0.2) is 24.3 Å². The van der Waals surface area contributed by atoms with Gasteiger partial charge in [-0.1, -0.05) is 11.6 Å². The summed E-state index contributed by atoms with van der Waals surface area (Å²) in [7, 11) is 0. The quantitative estimate of drug-likeness (QED) is 0.688. The molecule has 1 heterocycles. The largest absolute Gasteiger partial charge is 0.351 e. The molecule has 1 aromatic rings. The third-order valence-corrected chi connectivity index (χ3v) is 3.98. The Kier molecular flexibility index (Phi) is 7.49. The number of hydrogen-bond acceptors (Lipinski definition) is 4. The second kappa shape index (κ2) is 9.60. The molecule has 7 nitrogen and oxygen atoms in total. The van der Waals surface area contributed by atoms with Crippen LogP contribution < -0.4 is 15.5 Å². The Labute approximate surface area is 152 Å². The lowest BCUT2D eigenvalue weighted by molar-refractivity contribution is -0.131. The molecule has 1 atom stereocenters. The number of urea groups is 1. The average Bonchev–Trinajstić information content (AvgIpc) is 2.94. The number of amides is 3. The maximum Gasteiger partial charge on any atom is 0.315 e. The number of carbonyl (C=O) groups excluding carboxylic acids is 2. The smallest absolute Gasteiger partial charge is 0.315 e. The van der Waals surface area contributed by atoms with Gasteiger partial charge in [-0.05, 0) is 38.1 Å². The van der Waals surface area contributed by atoms with Gasteiger partial charge in [0.15, 0.2) is 6.29 Å². The van der Waals surface area contributed by atoms with Gasteiger partial charge in [-0.3, -0.25) is 4.79 Å². The summed E-state index contributed by atoms with van der Waals surface area (Å²) in [5, 5.41) is 6.13. The number of nitrogens with zero attached hydrogens (tertiary/aromatic N) is 1. The van der Waals surface area contributed by atoms with E-state index in [-0.39, 0.29) is 30.9 Å². The Morgan fingerprint density at radius 1 is 1.28 bits per heavy atom. The van der Waals surface area contributed by atoms with E-state index in [9.17, 15) is 9.59 Å². The Morgan fingerprint density at radius 2 is 1.92 bits per heavy atom. The molecule has 0 spiro atoms. The van der Waals surface area contributed by atoms with Crippen LogP contribution in [0.5, 0.6) is 0 Å². The third-order valence-electron chi connectivity index (χ3n) is 3.73. The fraction of sp³-hybridized carbons (Fsp3) is 0.529. The molecule has 2 N–H and O–H groups in total. The molecule has 0 aromatic heterocycles. The molecule has 3 amide bonds. The van der Waals surface area contributed by atoms with E-state index >= 15 is 0 Å². The van der Waals surface area contributed by atoms with Crippen LogP contribution in [0.25, 0.3) is 0 Å². The monoisotopic (exact) mass is 369 g/mol. The molecule has 0 saturated carbocycles. The van der Waals surface area contributed by atoms with E-state index < -0.39 is 6.29 Å². The lowest BCUT2D eigenvalue weighted by Gasteiger charge is -2.19. The standard InChI is InChI=1S/C17H24ClN3O4/c1-3-24-16(25-4-2)10-19-17(23)20-13-9-15(22)21(11-13)14-7-5-12(18)6-8-14/h5-8,13,16H,3-4,9-11H2,1-2H3,(H2,19,20,23). The van der Waals surface area contributed by atoms with Crippen molar-refractivity contribution in [1.82, 2.24) is 10.6 Å². The Hall–Kier alpha value is -1.83. The molecule has 8 heteroatoms. The number of benzene rings is 1. The number of rotatable bonds is 8. The molecule has 1 unspecified atom stereocenters. The van der Waals surface area contributed by atoms with Gasteiger partial charge in [0.2, 0.25) is 5.91 Å². The van der Waals surface area contributed by atoms with Crippen LogP contribution in [-0.4, -0.2) is 50.6 Å². The lowest BCUT2D eigenvalue weighted by Crippen LogP contribution is -2.46. The summed E-state index contributed by atoms with van der Waals surface area (Å²) >= 11 is 5.87. The molecule has 0 bridgehead atoms. The van der Waals surface area contributed by atoms with Gasteiger partial charge in [-0.15, -0.1) is 0 Å². The second-order valence-electron chi connectivity index (χ2n) is 5.58. The average molecular weight is 370 g/mol. The predicted molar refractivity (Wildman–Crippen MR) is 95.8 cm³/mol. The van der Waals surface area contributed by atoms with Crippen molar-refractivity contribution in [2.45, 2.75) is 32.6 Å². The summed E-state index contributed by atoms with van der Waals surface area (Å²) in [6, 6.07) is 6.45. The van der Waals surface area contributed by atoms with Gasteiger partial charge in [0.05, 0.1) is 12.6 Å². The zero-order valence-corrected chi connectivity index (χ0v) is 15.2. The van der Waals surface area contributed by atoms with Crippen molar-refractivity contribution in [3.63, 3.8) is 0 Å². The fourth-order valence-corrected chi connectivity index (χ4v) is 2.75. The van der Waals surface area contributed by atoms with Crippen molar-refractivity contribution in [2.24, 2.45) is 0 Å². The Morgan fingerprint density at radius 3 is 2.52 bits per heavy atom. The number of halogens is 1. The van der Waals surface area contributed by atoms with E-state index in [0.29, 0.717) is 24.8 Å². The molecule has 2 rings (SSSR count). The van der Waals surface area contributed by atoms with Crippen LogP contribution in [0, 0.1) is 0 Å². The van der Waals surface area contributed by atoms with Crippen molar-refractivity contribution in [2.75, 3.05) is 31.2 Å². The van der Waals surface area contributed by atoms with E-state index in [0.717, 1.165) is 5.69 Å². The predicted octanol–water partition coefficient (Wildman–Crippen LogP) is 2.14. The lowest BCUT2D eigenvalue weighted by atomic mass is 10.2. The van der Waals surface area contributed by atoms with E-state index in [1.54, 1.807) is 29.2 Å². The zero-order valence-electron chi connectivity index (χ0n) is 14.5. The van der Waals surface area contributed by atoms with Crippen LogP contribution in [-0.2, 0) is 14.3 Å². The van der Waals surface area contributed by atoms with E-state index in [4.69, 9.17) is 21.1 Å². The minimum Gasteiger partial charge on any atom is -0.351 e. The molecule has 0 aliphatic carbocycles. The maximum atomic E-state index is 12.2. The Balaban J connectivity index is 1.82. The molecular formula is C17H24ClN3O4. The Bertz CT molecular complexity index is 576. The fourth-order valence-electron chi connectivity index (χ4n) is 2.63. The summed E-state index contributed by atoms with van der Waals surface area (Å²) in [6.45, 7) is 5.40. The molecule has 138 valence electrons. The second-order valence-corrected chi connectivity index (χ2v) is 6.01. The van der Waals surface area contributed by atoms with Gasteiger partial charge in [0.25, 0.3) is 0 Å². The van der Waals surface area contributed by atoms with Crippen molar-refractivity contribution in [3.8, 4) is 0 Å². The van der Waals surface area contributed by atoms with Gasteiger partial charge >= 0.3 is 6.03 Å². The topological polar surface area (TPSA) is 79.9 Å². The van der Waals surface area contributed by atoms with Crippen molar-refractivity contribution < 1.29 is 19.1 Å². The van der Waals surface area contributed by atoms with E-state index in [1.165, 1.54) is 0 Å². The third kappa shape index (κ3) is 5.88. The van der Waals surface area contributed by atoms with Crippen LogP contribution in [0.4, 0.5) is 10.5 Å². The normalized spacial score (nSPS) is 17.2. The van der Waals surface area contributed by atoms with Crippen LogP contribution in [0.1, 0.15) is 20.3 Å². The minimum absolute atomic E-state index is 0.0332. The number of ether oxygens (including phenoxy) is 2. The number of hydrogen-bond donors (Lipinski definition) is 2. The highest BCUT2D eigenvalue weighted by Gasteiger charge is 2.31. The first kappa shape index (κ1) is 19.5. The molecule has 0 radical (unpaired) electrons. The van der Waals surface area contributed by atoms with Gasteiger partial charge in [-0.2, -0.15) is 0 Å². The SMILES string of the molecule is CCOC(CNC(=O)NC1CC(=O)N(c2ccc(Cl)cc2)C1)OCC. The van der Waals surface area contributed by atoms with Crippen LogP contribution in [0.3, 0.4) is 0 Å². The summed E-state index contributed by atoms with van der Waals surface area (Å²) < 4.78 is 10.7. The maximum absolute atomic E-state index is 12.2. The number of carbonyl (C=O) groups is 2. The number of nitrogens with one attached hydrogen (secondary N) is 2. The minimum atomic E-state index is -0.475. The van der Waals surface area contributed by atoms with Gasteiger partial charge in [-0.25, -0.2) is 4.79 Å². The molecule has 25 heavy (non-hydrogen) atoms. The van der Waals surface area contributed by atoms with Crippen LogP contribution in [0.2, 0.25) is 5.02 Å². The molecule has 1 fully saturated rings. The van der Waals surface area contributed by atoms with E-state index in [2.05, 4.69) is 10.6 Å². The summed E-state index contributed by atoms with van der Waals surface area (Å²) in [5.74, 6) is -0.0332. The molecular weight excluding hydrogens is 346 g/mol. The molecule has 1 saturated heterocycles. The first-order valence-electron chi connectivity index (χ1n) is 8.37. The van der Waals surface area contributed by atoms with Gasteiger partial charge in [0, 0.05) is 36.9 Å². The summed E-state index contributed by atoms with van der Waals surface area (Å²) in [6.07, 6.45) is -0.215. The van der Waals surface area contributed by atoms with Crippen molar-refractivity contribution in [3.05, 3.63) is 29.3 Å². The molecule has 1 aliphatic rings. The molecule has 1 aliphatic heterocycles. The number of anilines is 1. The van der Waals surface area contributed by atoms with Crippen molar-refractivity contribution in [1.29, 1.82) is 0 Å². The molecule has 1 aromatic carbocycles. The van der Waals surface area contributed by atoms with Crippen LogP contribution >= 0.6 is 11.6 Å². The van der Waals surface area contributed by atoms with Crippen molar-refractivity contribution >= 4 is 29.2 Å². The van der Waals surface area contributed by atoms with Gasteiger partial charge < -0.3 is 25.0 Å². The van der Waals surface area contributed by atoms with E-state index in [1.807, 2.05) is 13.8 Å². The highest BCUT2D eigenvalue weighted by molar-refractivity contribution is 6.30.